The van der Waals surface area contributed by atoms with Crippen molar-refractivity contribution in [3.63, 3.8) is 0 Å². The molecule has 3 aromatic rings. The fraction of sp³-hybridized carbons (Fsp3) is 0.407. The first kappa shape index (κ1) is 24.5. The summed E-state index contributed by atoms with van der Waals surface area (Å²) in [7, 11) is 1.95. The van der Waals surface area contributed by atoms with Crippen molar-refractivity contribution in [1.29, 1.82) is 0 Å². The number of morpholine rings is 1. The number of anilines is 1. The molecule has 0 spiro atoms. The van der Waals surface area contributed by atoms with Crippen molar-refractivity contribution in [2.75, 3.05) is 38.7 Å². The van der Waals surface area contributed by atoms with Gasteiger partial charge in [0, 0.05) is 49.0 Å². The average molecular weight is 479 g/mol. The topological polar surface area (TPSA) is 59.4 Å². The summed E-state index contributed by atoms with van der Waals surface area (Å²) in [5, 5.41) is 7.72. The van der Waals surface area contributed by atoms with Crippen LogP contribution in [0.2, 0.25) is 0 Å². The van der Waals surface area contributed by atoms with Gasteiger partial charge in [0.1, 0.15) is 5.69 Å². The van der Waals surface area contributed by atoms with Gasteiger partial charge in [-0.25, -0.2) is 4.31 Å². The van der Waals surface area contributed by atoms with Gasteiger partial charge in [0.15, 0.2) is 6.29 Å². The molecule has 1 aromatic heterocycles. The molecular formula is C27H34N4O2S. The van der Waals surface area contributed by atoms with Gasteiger partial charge in [-0.2, -0.15) is 5.10 Å². The van der Waals surface area contributed by atoms with Crippen LogP contribution in [0, 0.1) is 19.8 Å². The first-order chi connectivity index (χ1) is 16.6. The van der Waals surface area contributed by atoms with Crippen LogP contribution in [0.1, 0.15) is 34.3 Å². The normalized spacial score (nSPS) is 16.0. The number of nitrogens with one attached hydrogen (secondary N) is 1. The summed E-state index contributed by atoms with van der Waals surface area (Å²) in [6.07, 6.45) is 5.33. The van der Waals surface area contributed by atoms with Crippen LogP contribution in [0.5, 0.6) is 0 Å². The second-order valence-corrected chi connectivity index (χ2v) is 10.1. The van der Waals surface area contributed by atoms with Crippen molar-refractivity contribution in [1.82, 2.24) is 14.1 Å². The van der Waals surface area contributed by atoms with Gasteiger partial charge < -0.3 is 10.1 Å². The Morgan fingerprint density at radius 2 is 1.85 bits per heavy atom. The van der Waals surface area contributed by atoms with Crippen molar-refractivity contribution in [3.05, 3.63) is 65.4 Å². The van der Waals surface area contributed by atoms with Gasteiger partial charge in [0.25, 0.3) is 0 Å². The zero-order chi connectivity index (χ0) is 23.9. The first-order valence-corrected chi connectivity index (χ1v) is 12.7. The van der Waals surface area contributed by atoms with Crippen LogP contribution in [0.15, 0.2) is 53.6 Å². The Morgan fingerprint density at radius 1 is 1.12 bits per heavy atom. The van der Waals surface area contributed by atoms with E-state index in [1.165, 1.54) is 34.6 Å². The van der Waals surface area contributed by atoms with Crippen LogP contribution in [-0.4, -0.2) is 53.7 Å². The van der Waals surface area contributed by atoms with E-state index in [-0.39, 0.29) is 0 Å². The van der Waals surface area contributed by atoms with Crippen molar-refractivity contribution in [2.24, 2.45) is 5.92 Å². The summed E-state index contributed by atoms with van der Waals surface area (Å²) in [5.74, 6) is 0.760. The van der Waals surface area contributed by atoms with Crippen molar-refractivity contribution < 1.29 is 9.53 Å². The van der Waals surface area contributed by atoms with E-state index in [1.807, 2.05) is 54.1 Å². The molecule has 0 amide bonds. The summed E-state index contributed by atoms with van der Waals surface area (Å²) in [5.41, 5.74) is 6.20. The predicted molar refractivity (Wildman–Crippen MR) is 139 cm³/mol. The number of aromatic nitrogens is 2. The van der Waals surface area contributed by atoms with E-state index < -0.39 is 0 Å². The number of nitrogens with zero attached hydrogens (tertiary/aromatic N) is 3. The maximum absolute atomic E-state index is 11.1. The van der Waals surface area contributed by atoms with E-state index in [4.69, 9.17) is 4.74 Å². The number of hydrogen-bond acceptors (Lipinski definition) is 6. The van der Waals surface area contributed by atoms with Gasteiger partial charge >= 0.3 is 0 Å². The summed E-state index contributed by atoms with van der Waals surface area (Å²) in [6.45, 7) is 8.85. The number of benzene rings is 2. The number of rotatable bonds is 7. The van der Waals surface area contributed by atoms with E-state index in [9.17, 15) is 4.79 Å². The smallest absolute Gasteiger partial charge is 0.153 e. The SMILES string of the molecule is CNc1ccc(C)c(SN2CCOCC2)c1.Cc1ccc(-c2nn(CC3CC3)cc2C=O)cc1. The lowest BCUT2D eigenvalue weighted by atomic mass is 10.1. The van der Waals surface area contributed by atoms with Crippen LogP contribution >= 0.6 is 11.9 Å². The molecule has 1 N–H and O–H groups in total. The Hall–Kier alpha value is -2.61. The standard InChI is InChI=1S/C15H16N2O.C12H18N2OS/c1-11-2-6-13(7-3-11)15-14(10-18)9-17(16-15)8-12-4-5-12;1-10-3-4-11(13-2)9-12(10)16-14-5-7-15-8-6-14/h2-3,6-7,9-10,12H,4-5,8H2,1H3;3-4,9,13H,5-8H2,1-2H3. The third-order valence-electron chi connectivity index (χ3n) is 6.06. The Labute approximate surface area is 206 Å². The molecule has 0 bridgehead atoms. The zero-order valence-corrected chi connectivity index (χ0v) is 21.1. The minimum absolute atomic E-state index is 0.680. The van der Waals surface area contributed by atoms with Crippen LogP contribution in [0.4, 0.5) is 5.69 Å². The zero-order valence-electron chi connectivity index (χ0n) is 20.3. The lowest BCUT2D eigenvalue weighted by Crippen LogP contribution is -2.30. The highest BCUT2D eigenvalue weighted by atomic mass is 32.2. The maximum atomic E-state index is 11.1. The Balaban J connectivity index is 0.000000162. The van der Waals surface area contributed by atoms with Crippen LogP contribution in [0.25, 0.3) is 11.3 Å². The summed E-state index contributed by atoms with van der Waals surface area (Å²) < 4.78 is 9.62. The lowest BCUT2D eigenvalue weighted by Gasteiger charge is -2.26. The minimum atomic E-state index is 0.680. The molecule has 6 nitrogen and oxygen atoms in total. The molecular weight excluding hydrogens is 444 g/mol. The number of aldehydes is 1. The number of carbonyl (C=O) groups is 1. The molecule has 1 aliphatic heterocycles. The van der Waals surface area contributed by atoms with E-state index in [0.29, 0.717) is 5.56 Å². The molecule has 5 rings (SSSR count). The third kappa shape index (κ3) is 6.72. The van der Waals surface area contributed by atoms with E-state index in [1.54, 1.807) is 0 Å². The van der Waals surface area contributed by atoms with Gasteiger partial charge in [0.05, 0.1) is 18.8 Å². The highest BCUT2D eigenvalue weighted by Gasteiger charge is 2.23. The number of ether oxygens (including phenoxy) is 1. The van der Waals surface area contributed by atoms with Gasteiger partial charge in [-0.15, -0.1) is 0 Å². The van der Waals surface area contributed by atoms with Gasteiger partial charge in [-0.1, -0.05) is 35.9 Å². The molecule has 0 atom stereocenters. The highest BCUT2D eigenvalue weighted by Crippen LogP contribution is 2.31. The minimum Gasteiger partial charge on any atom is -0.388 e. The largest absolute Gasteiger partial charge is 0.388 e. The quantitative estimate of drug-likeness (QED) is 0.360. The Kier molecular flexibility index (Phi) is 8.43. The van der Waals surface area contributed by atoms with Crippen LogP contribution in [-0.2, 0) is 11.3 Å². The maximum Gasteiger partial charge on any atom is 0.153 e. The summed E-state index contributed by atoms with van der Waals surface area (Å²) in [4.78, 5) is 12.5. The van der Waals surface area contributed by atoms with Crippen molar-refractivity contribution >= 4 is 23.9 Å². The second-order valence-electron chi connectivity index (χ2n) is 8.95. The van der Waals surface area contributed by atoms with Crippen LogP contribution in [0.3, 0.4) is 0 Å². The monoisotopic (exact) mass is 478 g/mol. The number of hydrogen-bond donors (Lipinski definition) is 1. The fourth-order valence-corrected chi connectivity index (χ4v) is 4.75. The summed E-state index contributed by atoms with van der Waals surface area (Å²) >= 11 is 1.83. The lowest BCUT2D eigenvalue weighted by molar-refractivity contribution is 0.0773. The summed E-state index contributed by atoms with van der Waals surface area (Å²) in [6, 6.07) is 14.6. The Morgan fingerprint density at radius 3 is 2.50 bits per heavy atom. The van der Waals surface area contributed by atoms with Crippen molar-refractivity contribution in [3.8, 4) is 11.3 Å². The molecule has 2 aliphatic rings. The van der Waals surface area contributed by atoms with Gasteiger partial charge in [-0.05, 0) is 62.3 Å². The molecule has 34 heavy (non-hydrogen) atoms. The first-order valence-electron chi connectivity index (χ1n) is 11.9. The Bertz CT molecular complexity index is 1090. The third-order valence-corrected chi connectivity index (χ3v) is 7.32. The molecule has 2 aromatic carbocycles. The van der Waals surface area contributed by atoms with E-state index in [0.717, 1.165) is 56.3 Å². The second kappa shape index (κ2) is 11.7. The van der Waals surface area contributed by atoms with Gasteiger partial charge in [0.2, 0.25) is 0 Å². The number of aryl methyl sites for hydroxylation is 2. The molecule has 2 heterocycles. The highest BCUT2D eigenvalue weighted by molar-refractivity contribution is 7.97. The molecule has 180 valence electrons. The molecule has 2 fully saturated rings. The molecule has 0 unspecified atom stereocenters. The predicted octanol–water partition coefficient (Wildman–Crippen LogP) is 5.46. The fourth-order valence-electron chi connectivity index (χ4n) is 3.75. The van der Waals surface area contributed by atoms with Gasteiger partial charge in [-0.3, -0.25) is 9.48 Å². The molecule has 1 saturated carbocycles. The van der Waals surface area contributed by atoms with Crippen LogP contribution < -0.4 is 5.32 Å². The number of carbonyl (C=O) groups excluding carboxylic acids is 1. The molecule has 1 saturated heterocycles. The van der Waals surface area contributed by atoms with E-state index in [2.05, 4.69) is 46.8 Å². The van der Waals surface area contributed by atoms with E-state index >= 15 is 0 Å². The van der Waals surface area contributed by atoms with Crippen molar-refractivity contribution in [2.45, 2.75) is 38.1 Å². The molecule has 7 heteroatoms. The average Bonchev–Trinajstić information content (AvgIpc) is 3.58. The molecule has 1 aliphatic carbocycles. The molecule has 0 radical (unpaired) electrons.